The number of hydrogen-bond donors (Lipinski definition) is 3. The number of pyridine rings is 2. The van der Waals surface area contributed by atoms with Crippen LogP contribution < -0.4 is 21.3 Å². The Morgan fingerprint density at radius 3 is 2.72 bits per heavy atom. The molecule has 170 valence electrons. The molecule has 0 spiro atoms. The molecular weight excluding hydrogens is 406 g/mol. The number of nitrogens with one attached hydrogen (secondary N) is 2. The van der Waals surface area contributed by atoms with Gasteiger partial charge in [0, 0.05) is 55.8 Å². The molecule has 1 aliphatic carbocycles. The molecule has 3 heterocycles. The number of anilines is 1. The quantitative estimate of drug-likeness (QED) is 0.547. The van der Waals surface area contributed by atoms with Gasteiger partial charge in [-0.3, -0.25) is 9.59 Å². The molecule has 2 aliphatic rings. The normalized spacial score (nSPS) is 18.0. The van der Waals surface area contributed by atoms with Crippen LogP contribution in [0.2, 0.25) is 0 Å². The van der Waals surface area contributed by atoms with E-state index in [2.05, 4.69) is 15.3 Å². The van der Waals surface area contributed by atoms with Gasteiger partial charge in [0.25, 0.3) is 5.56 Å². The van der Waals surface area contributed by atoms with Crippen LogP contribution in [0.3, 0.4) is 0 Å². The van der Waals surface area contributed by atoms with Crippen molar-refractivity contribution in [3.63, 3.8) is 0 Å². The van der Waals surface area contributed by atoms with Crippen molar-refractivity contribution in [1.82, 2.24) is 14.9 Å². The molecule has 2 aromatic heterocycles. The summed E-state index contributed by atoms with van der Waals surface area (Å²) in [7, 11) is 1.58. The van der Waals surface area contributed by atoms with Crippen LogP contribution in [0, 0.1) is 11.8 Å². The first-order chi connectivity index (χ1) is 15.6. The van der Waals surface area contributed by atoms with E-state index in [1.165, 1.54) is 12.8 Å². The number of ether oxygens (including phenoxy) is 1. The molecule has 0 aromatic carbocycles. The fourth-order valence-corrected chi connectivity index (χ4v) is 4.47. The minimum atomic E-state index is -0.125. The van der Waals surface area contributed by atoms with Gasteiger partial charge in [0.05, 0.1) is 7.11 Å². The molecule has 8 nitrogen and oxygen atoms in total. The van der Waals surface area contributed by atoms with Crippen molar-refractivity contribution in [2.24, 2.45) is 17.6 Å². The van der Waals surface area contributed by atoms with E-state index in [1.807, 2.05) is 23.1 Å². The second-order valence-electron chi connectivity index (χ2n) is 8.53. The molecule has 2 fully saturated rings. The third kappa shape index (κ3) is 5.19. The van der Waals surface area contributed by atoms with Crippen molar-refractivity contribution in [3.8, 4) is 17.0 Å². The van der Waals surface area contributed by atoms with Crippen LogP contribution in [0.5, 0.6) is 5.88 Å². The highest BCUT2D eigenvalue weighted by atomic mass is 16.5. The lowest BCUT2D eigenvalue weighted by Gasteiger charge is -2.36. The Balaban J connectivity index is 1.48. The molecule has 0 bridgehead atoms. The van der Waals surface area contributed by atoms with Crippen molar-refractivity contribution in [3.05, 3.63) is 53.1 Å². The van der Waals surface area contributed by atoms with Crippen LogP contribution >= 0.6 is 0 Å². The molecular formula is C24H31N5O3. The highest BCUT2D eigenvalue weighted by molar-refractivity contribution is 5.87. The summed E-state index contributed by atoms with van der Waals surface area (Å²) >= 11 is 0. The Morgan fingerprint density at radius 2 is 2.03 bits per heavy atom. The summed E-state index contributed by atoms with van der Waals surface area (Å²) in [5, 5.41) is 3.57. The minimum Gasteiger partial charge on any atom is -0.481 e. The number of nitrogens with zero attached hydrogens (tertiary/aromatic N) is 2. The first-order valence-electron chi connectivity index (χ1n) is 11.2. The maximum Gasteiger partial charge on any atom is 0.271 e. The van der Waals surface area contributed by atoms with Gasteiger partial charge in [-0.2, -0.15) is 0 Å². The van der Waals surface area contributed by atoms with Crippen LogP contribution in [-0.2, 0) is 4.79 Å². The second kappa shape index (κ2) is 9.99. The van der Waals surface area contributed by atoms with Gasteiger partial charge >= 0.3 is 0 Å². The Labute approximate surface area is 187 Å². The summed E-state index contributed by atoms with van der Waals surface area (Å²) in [5.74, 6) is 1.56. The van der Waals surface area contributed by atoms with Gasteiger partial charge in [-0.05, 0) is 55.2 Å². The molecule has 0 radical (unpaired) electrons. The van der Waals surface area contributed by atoms with Crippen LogP contribution in [0.25, 0.3) is 11.1 Å². The fraction of sp³-hybridized carbons (Fsp3) is 0.458. The molecule has 4 N–H and O–H groups in total. The second-order valence-corrected chi connectivity index (χ2v) is 8.53. The molecule has 1 saturated carbocycles. The van der Waals surface area contributed by atoms with E-state index < -0.39 is 0 Å². The molecule has 1 aliphatic heterocycles. The number of carbonyl (C=O) groups is 1. The number of nitrogens with two attached hydrogens (primary N) is 1. The van der Waals surface area contributed by atoms with E-state index in [9.17, 15) is 9.59 Å². The van der Waals surface area contributed by atoms with E-state index in [1.54, 1.807) is 31.7 Å². The average Bonchev–Trinajstić information content (AvgIpc) is 3.67. The van der Waals surface area contributed by atoms with Crippen molar-refractivity contribution in [2.75, 3.05) is 32.1 Å². The Morgan fingerprint density at radius 1 is 1.28 bits per heavy atom. The zero-order chi connectivity index (χ0) is 22.5. The predicted octanol–water partition coefficient (Wildman–Crippen LogP) is 2.39. The number of H-pyrrole nitrogens is 1. The van der Waals surface area contributed by atoms with E-state index in [-0.39, 0.29) is 17.5 Å². The Kier molecular flexibility index (Phi) is 6.90. The number of aromatic amines is 1. The Bertz CT molecular complexity index is 1020. The SMILES string of the molecule is COc1cc(-c2c[nH]c(=O)c(NC(C3CC3)C3CCN(C(=O)/C=C/CN)CC3)c2)ccn1. The number of rotatable bonds is 8. The van der Waals surface area contributed by atoms with Gasteiger partial charge in [-0.15, -0.1) is 0 Å². The summed E-state index contributed by atoms with van der Waals surface area (Å²) in [6.45, 7) is 1.84. The van der Waals surface area contributed by atoms with E-state index in [4.69, 9.17) is 10.5 Å². The van der Waals surface area contributed by atoms with Gasteiger partial charge in [-0.1, -0.05) is 6.08 Å². The number of carbonyl (C=O) groups excluding carboxylic acids is 1. The average molecular weight is 438 g/mol. The van der Waals surface area contributed by atoms with E-state index in [0.29, 0.717) is 29.9 Å². The topological polar surface area (TPSA) is 113 Å². The molecule has 32 heavy (non-hydrogen) atoms. The summed E-state index contributed by atoms with van der Waals surface area (Å²) < 4.78 is 5.22. The van der Waals surface area contributed by atoms with Crippen molar-refractivity contribution in [1.29, 1.82) is 0 Å². The first kappa shape index (κ1) is 22.1. The van der Waals surface area contributed by atoms with Crippen LogP contribution in [0.1, 0.15) is 25.7 Å². The molecule has 1 unspecified atom stereocenters. The fourth-order valence-electron chi connectivity index (χ4n) is 4.47. The number of methoxy groups -OCH3 is 1. The van der Waals surface area contributed by atoms with Crippen molar-refractivity contribution < 1.29 is 9.53 Å². The summed E-state index contributed by atoms with van der Waals surface area (Å²) in [5.41, 5.74) is 7.74. The maximum atomic E-state index is 12.6. The molecule has 4 rings (SSSR count). The highest BCUT2D eigenvalue weighted by Gasteiger charge is 2.38. The molecule has 1 saturated heterocycles. The number of aromatic nitrogens is 2. The molecule has 2 aromatic rings. The first-order valence-corrected chi connectivity index (χ1v) is 11.2. The number of hydrogen-bond acceptors (Lipinski definition) is 6. The smallest absolute Gasteiger partial charge is 0.271 e. The zero-order valence-electron chi connectivity index (χ0n) is 18.4. The van der Waals surface area contributed by atoms with Gasteiger partial charge < -0.3 is 25.7 Å². The summed E-state index contributed by atoms with van der Waals surface area (Å²) in [6, 6.07) is 5.88. The van der Waals surface area contributed by atoms with Crippen LogP contribution in [-0.4, -0.2) is 53.6 Å². The highest BCUT2D eigenvalue weighted by Crippen LogP contribution is 2.40. The lowest BCUT2D eigenvalue weighted by atomic mass is 9.86. The third-order valence-corrected chi connectivity index (χ3v) is 6.39. The Hall–Kier alpha value is -3.13. The van der Waals surface area contributed by atoms with Gasteiger partial charge in [0.1, 0.15) is 5.69 Å². The largest absolute Gasteiger partial charge is 0.481 e. The van der Waals surface area contributed by atoms with Crippen molar-refractivity contribution >= 4 is 11.6 Å². The zero-order valence-corrected chi connectivity index (χ0v) is 18.4. The van der Waals surface area contributed by atoms with Gasteiger partial charge in [-0.25, -0.2) is 4.98 Å². The number of likely N-dealkylation sites (tertiary alicyclic amines) is 1. The lowest BCUT2D eigenvalue weighted by molar-refractivity contribution is -0.127. The van der Waals surface area contributed by atoms with Crippen LogP contribution in [0.4, 0.5) is 5.69 Å². The van der Waals surface area contributed by atoms with E-state index >= 15 is 0 Å². The summed E-state index contributed by atoms with van der Waals surface area (Å²) in [4.78, 5) is 33.7. The third-order valence-electron chi connectivity index (χ3n) is 6.39. The van der Waals surface area contributed by atoms with E-state index in [0.717, 1.165) is 37.1 Å². The standard InChI is InChI=1S/C24H31N5O3/c1-32-21-14-18(6-10-26-21)19-13-20(24(31)27-15-19)28-23(16-4-5-16)17-7-11-29(12-8-17)22(30)3-2-9-25/h2-3,6,10,13-17,23,28H,4-5,7-9,11-12,25H2,1H3,(H,27,31)/b3-2+. The maximum absolute atomic E-state index is 12.6. The van der Waals surface area contributed by atoms with Crippen molar-refractivity contribution in [2.45, 2.75) is 31.7 Å². The van der Waals surface area contributed by atoms with Gasteiger partial charge in [0.2, 0.25) is 11.8 Å². The summed E-state index contributed by atoms with van der Waals surface area (Å²) in [6.07, 6.45) is 10.9. The molecule has 1 atom stereocenters. The minimum absolute atomic E-state index is 0.0294. The number of amides is 1. The number of piperidine rings is 1. The van der Waals surface area contributed by atoms with Crippen LogP contribution in [0.15, 0.2) is 47.5 Å². The predicted molar refractivity (Wildman–Crippen MR) is 124 cm³/mol. The monoisotopic (exact) mass is 437 g/mol. The molecule has 8 heteroatoms. The van der Waals surface area contributed by atoms with Gasteiger partial charge in [0.15, 0.2) is 0 Å². The lowest BCUT2D eigenvalue weighted by Crippen LogP contribution is -2.43. The molecule has 1 amide bonds.